The number of likely N-dealkylation sites (N-methyl/N-ethyl adjacent to an activating group) is 1. The van der Waals surface area contributed by atoms with Crippen molar-refractivity contribution in [1.82, 2.24) is 4.90 Å². The van der Waals surface area contributed by atoms with Crippen molar-refractivity contribution in [2.45, 2.75) is 12.2 Å². The second kappa shape index (κ2) is 7.83. The van der Waals surface area contributed by atoms with Gasteiger partial charge in [0.15, 0.2) is 18.2 Å². The van der Waals surface area contributed by atoms with Crippen LogP contribution in [0.1, 0.15) is 16.7 Å². The summed E-state index contributed by atoms with van der Waals surface area (Å²) in [5.74, 6) is 3.07. The van der Waals surface area contributed by atoms with Crippen LogP contribution >= 0.6 is 0 Å². The Kier molecular flexibility index (Phi) is 5.46. The van der Waals surface area contributed by atoms with Crippen molar-refractivity contribution < 1.29 is 27.1 Å². The number of benzene rings is 2. The van der Waals surface area contributed by atoms with Crippen molar-refractivity contribution in [2.24, 2.45) is 10.7 Å². The van der Waals surface area contributed by atoms with E-state index in [0.29, 0.717) is 5.56 Å². The Morgan fingerprint density at radius 3 is 2.41 bits per heavy atom. The molecule has 0 bridgehead atoms. The molecule has 1 aliphatic heterocycles. The number of rotatable bonds is 4. The maximum Gasteiger partial charge on any atom is 0.387 e. The minimum atomic E-state index is -3.00. The summed E-state index contributed by atoms with van der Waals surface area (Å²) in [4.78, 5) is 18.5. The normalized spacial score (nSPS) is 18.5. The third-order valence-corrected chi connectivity index (χ3v) is 4.41. The van der Waals surface area contributed by atoms with Gasteiger partial charge in [0.25, 0.3) is 5.91 Å². The molecule has 1 heterocycles. The average Bonchev–Trinajstić information content (AvgIpc) is 2.92. The topological polar surface area (TPSA) is 67.9 Å². The summed E-state index contributed by atoms with van der Waals surface area (Å²) in [5, 5.41) is 0. The van der Waals surface area contributed by atoms with Crippen molar-refractivity contribution in [3.05, 3.63) is 65.0 Å². The number of ether oxygens (including phenoxy) is 1. The molecule has 3 rings (SSSR count). The lowest BCUT2D eigenvalue weighted by Gasteiger charge is -2.26. The number of hydrogen-bond donors (Lipinski definition) is 1. The number of aliphatic imine (C=N–C) groups is 1. The maximum atomic E-state index is 14.1. The molecule has 5 nitrogen and oxygen atoms in total. The van der Waals surface area contributed by atoms with Crippen LogP contribution in [0.2, 0.25) is 0 Å². The molecule has 1 aliphatic rings. The van der Waals surface area contributed by atoms with Crippen LogP contribution in [0.15, 0.2) is 47.5 Å². The fourth-order valence-corrected chi connectivity index (χ4v) is 3.04. The molecule has 0 saturated heterocycles. The minimum Gasteiger partial charge on any atom is -0.435 e. The first-order chi connectivity index (χ1) is 13.8. The van der Waals surface area contributed by atoms with Crippen molar-refractivity contribution in [3.8, 4) is 17.6 Å². The molecular formula is C20H15F4N3O2. The molecule has 1 unspecified atom stereocenters. The lowest BCUT2D eigenvalue weighted by Crippen LogP contribution is -2.41. The molecule has 2 aromatic rings. The van der Waals surface area contributed by atoms with Crippen LogP contribution < -0.4 is 10.5 Å². The lowest BCUT2D eigenvalue weighted by atomic mass is 9.82. The second-order valence-corrected chi connectivity index (χ2v) is 6.08. The van der Waals surface area contributed by atoms with E-state index in [-0.39, 0.29) is 22.8 Å². The second-order valence-electron chi connectivity index (χ2n) is 6.08. The van der Waals surface area contributed by atoms with E-state index in [2.05, 4.69) is 21.6 Å². The van der Waals surface area contributed by atoms with Crippen LogP contribution in [0, 0.1) is 17.7 Å². The zero-order valence-corrected chi connectivity index (χ0v) is 15.1. The number of halogens is 4. The van der Waals surface area contributed by atoms with Crippen LogP contribution in [0.3, 0.4) is 0 Å². The standard InChI is InChI=1S/C20H15F4N3O2/c1-27-17(28)20(26-19(27)25,13-4-7-15(8-5-13)29-18(23)24)14-6-9-16(22)12(11-14)3-2-10-21/h4-9,11,18H,10H2,1H3,(H2,25,26). The molecule has 0 radical (unpaired) electrons. The van der Waals surface area contributed by atoms with Crippen LogP contribution in [0.25, 0.3) is 0 Å². The van der Waals surface area contributed by atoms with E-state index in [4.69, 9.17) is 5.73 Å². The molecule has 1 amide bonds. The zero-order valence-electron chi connectivity index (χ0n) is 15.1. The number of nitrogens with zero attached hydrogens (tertiary/aromatic N) is 2. The molecule has 0 aromatic heterocycles. The Morgan fingerprint density at radius 1 is 1.21 bits per heavy atom. The van der Waals surface area contributed by atoms with Crippen LogP contribution in [0.4, 0.5) is 17.6 Å². The summed E-state index contributed by atoms with van der Waals surface area (Å²) in [7, 11) is 1.42. The van der Waals surface area contributed by atoms with Gasteiger partial charge in [-0.3, -0.25) is 9.69 Å². The summed E-state index contributed by atoms with van der Waals surface area (Å²) >= 11 is 0. The molecule has 2 aromatic carbocycles. The highest BCUT2D eigenvalue weighted by atomic mass is 19.3. The van der Waals surface area contributed by atoms with Gasteiger partial charge in [0.2, 0.25) is 0 Å². The first kappa shape index (κ1) is 20.2. The third-order valence-electron chi connectivity index (χ3n) is 4.41. The summed E-state index contributed by atoms with van der Waals surface area (Å²) in [6.07, 6.45) is 0. The number of hydrogen-bond acceptors (Lipinski definition) is 4. The van der Waals surface area contributed by atoms with E-state index in [0.717, 1.165) is 11.0 Å². The molecule has 29 heavy (non-hydrogen) atoms. The Hall–Kier alpha value is -3.54. The number of guanidine groups is 1. The highest BCUT2D eigenvalue weighted by Gasteiger charge is 2.49. The van der Waals surface area contributed by atoms with Gasteiger partial charge in [-0.15, -0.1) is 0 Å². The van der Waals surface area contributed by atoms with Gasteiger partial charge in [-0.05, 0) is 35.4 Å². The summed E-state index contributed by atoms with van der Waals surface area (Å²) in [6.45, 7) is -3.97. The number of nitrogens with two attached hydrogens (primary N) is 1. The zero-order chi connectivity index (χ0) is 21.2. The molecule has 0 spiro atoms. The number of carbonyl (C=O) groups is 1. The summed E-state index contributed by atoms with van der Waals surface area (Å²) in [5.41, 5.74) is 4.58. The van der Waals surface area contributed by atoms with Gasteiger partial charge >= 0.3 is 6.61 Å². The molecule has 9 heteroatoms. The average molecular weight is 405 g/mol. The Labute approximate surface area is 163 Å². The predicted octanol–water partition coefficient (Wildman–Crippen LogP) is 2.78. The Morgan fingerprint density at radius 2 is 1.86 bits per heavy atom. The fraction of sp³-hybridized carbons (Fsp3) is 0.200. The lowest BCUT2D eigenvalue weighted by molar-refractivity contribution is -0.129. The Balaban J connectivity index is 2.18. The van der Waals surface area contributed by atoms with Crippen molar-refractivity contribution in [2.75, 3.05) is 13.7 Å². The highest BCUT2D eigenvalue weighted by molar-refractivity contribution is 6.08. The van der Waals surface area contributed by atoms with Crippen LogP contribution in [0.5, 0.6) is 5.75 Å². The monoisotopic (exact) mass is 405 g/mol. The van der Waals surface area contributed by atoms with Crippen LogP contribution in [-0.2, 0) is 10.3 Å². The molecule has 1 atom stereocenters. The van der Waals surface area contributed by atoms with Crippen molar-refractivity contribution >= 4 is 11.9 Å². The molecular weight excluding hydrogens is 390 g/mol. The van der Waals surface area contributed by atoms with E-state index in [1.165, 1.54) is 43.4 Å². The number of amides is 1. The maximum absolute atomic E-state index is 14.1. The molecule has 0 aliphatic carbocycles. The quantitative estimate of drug-likeness (QED) is 0.628. The molecule has 0 fully saturated rings. The van der Waals surface area contributed by atoms with Gasteiger partial charge in [-0.2, -0.15) is 8.78 Å². The molecule has 150 valence electrons. The minimum absolute atomic E-state index is 0.0800. The SMILES string of the molecule is CN1C(=O)C(c2ccc(OC(F)F)cc2)(c2ccc(F)c(C#CCF)c2)N=C1N. The van der Waals surface area contributed by atoms with E-state index in [1.54, 1.807) is 0 Å². The van der Waals surface area contributed by atoms with Crippen LogP contribution in [-0.4, -0.2) is 37.1 Å². The van der Waals surface area contributed by atoms with E-state index >= 15 is 0 Å². The largest absolute Gasteiger partial charge is 0.435 e. The Bertz CT molecular complexity index is 1030. The van der Waals surface area contributed by atoms with E-state index in [9.17, 15) is 22.4 Å². The first-order valence-electron chi connectivity index (χ1n) is 8.33. The van der Waals surface area contributed by atoms with Gasteiger partial charge < -0.3 is 10.5 Å². The van der Waals surface area contributed by atoms with Gasteiger partial charge in [0.05, 0.1) is 5.56 Å². The predicted molar refractivity (Wildman–Crippen MR) is 97.5 cm³/mol. The number of alkyl halides is 3. The third kappa shape index (κ3) is 3.61. The smallest absolute Gasteiger partial charge is 0.387 e. The summed E-state index contributed by atoms with van der Waals surface area (Å²) < 4.78 is 55.6. The molecule has 0 saturated carbocycles. The number of carbonyl (C=O) groups excluding carboxylic acids is 1. The van der Waals surface area contributed by atoms with Gasteiger partial charge in [-0.25, -0.2) is 13.8 Å². The van der Waals surface area contributed by atoms with Gasteiger partial charge in [0.1, 0.15) is 11.6 Å². The van der Waals surface area contributed by atoms with Gasteiger partial charge in [0, 0.05) is 7.05 Å². The highest BCUT2D eigenvalue weighted by Crippen LogP contribution is 2.40. The van der Waals surface area contributed by atoms with E-state index < -0.39 is 30.5 Å². The van der Waals surface area contributed by atoms with Crippen molar-refractivity contribution in [3.63, 3.8) is 0 Å². The van der Waals surface area contributed by atoms with Gasteiger partial charge in [-0.1, -0.05) is 30.0 Å². The van der Waals surface area contributed by atoms with Crippen molar-refractivity contribution in [1.29, 1.82) is 0 Å². The summed E-state index contributed by atoms with van der Waals surface area (Å²) in [6, 6.07) is 9.01. The first-order valence-corrected chi connectivity index (χ1v) is 8.33. The van der Waals surface area contributed by atoms with E-state index in [1.807, 2.05) is 0 Å². The molecule has 2 N–H and O–H groups in total. The fourth-order valence-electron chi connectivity index (χ4n) is 3.04.